The average Bonchev–Trinajstić information content (AvgIpc) is 2.83. The molecule has 0 spiro atoms. The predicted octanol–water partition coefficient (Wildman–Crippen LogP) is 2.67. The Morgan fingerprint density at radius 1 is 1.42 bits per heavy atom. The highest BCUT2D eigenvalue weighted by Crippen LogP contribution is 2.25. The number of nitrogen functional groups attached to an aromatic ring is 1. The molecule has 0 aliphatic heterocycles. The molecule has 0 saturated carbocycles. The van der Waals surface area contributed by atoms with Gasteiger partial charge >= 0.3 is 0 Å². The van der Waals surface area contributed by atoms with Crippen molar-refractivity contribution in [3.8, 4) is 5.69 Å². The van der Waals surface area contributed by atoms with E-state index in [1.54, 1.807) is 6.20 Å². The molecule has 4 heteroatoms. The lowest BCUT2D eigenvalue weighted by Gasteiger charge is -2.07. The second-order valence-corrected chi connectivity index (χ2v) is 4.49. The molecule has 0 atom stereocenters. The van der Waals surface area contributed by atoms with E-state index >= 15 is 0 Å². The number of anilines is 1. The number of aromatic nitrogens is 3. The fourth-order valence-electron chi connectivity index (χ4n) is 2.22. The second kappa shape index (κ2) is 4.39. The molecular formula is C15H15N4. The number of aryl methyl sites for hydroxylation is 2. The largest absolute Gasteiger partial charge is 0.397 e. The van der Waals surface area contributed by atoms with Crippen LogP contribution in [0.1, 0.15) is 18.3 Å². The summed E-state index contributed by atoms with van der Waals surface area (Å²) in [6.07, 6.45) is 2.53. The summed E-state index contributed by atoms with van der Waals surface area (Å²) in [6.45, 7) is 4.07. The molecule has 0 saturated heterocycles. The fraction of sp³-hybridized carbons (Fsp3) is 0.200. The van der Waals surface area contributed by atoms with Crippen LogP contribution in [0.15, 0.2) is 30.5 Å². The van der Waals surface area contributed by atoms with E-state index in [2.05, 4.69) is 27.5 Å². The maximum atomic E-state index is 5.91. The lowest BCUT2D eigenvalue weighted by molar-refractivity contribution is 0.901. The topological polar surface area (TPSA) is 56.7 Å². The molecule has 3 aromatic rings. The van der Waals surface area contributed by atoms with Crippen molar-refractivity contribution in [2.45, 2.75) is 20.3 Å². The molecule has 2 N–H and O–H groups in total. The van der Waals surface area contributed by atoms with Gasteiger partial charge in [0.1, 0.15) is 11.3 Å². The Hall–Kier alpha value is -2.36. The summed E-state index contributed by atoms with van der Waals surface area (Å²) in [7, 11) is 0. The monoisotopic (exact) mass is 251 g/mol. The standard InChI is InChI=1S/C15H15N4/c1-3-13-18-14-10(2)12(16)9-17-15(14)19(13)11-7-5-4-6-8-11/h4-5,7-9H,3,16H2,1-2H3. The number of nitrogens with zero attached hydrogens (tertiary/aromatic N) is 3. The van der Waals surface area contributed by atoms with Gasteiger partial charge in [0.25, 0.3) is 0 Å². The maximum absolute atomic E-state index is 5.91. The van der Waals surface area contributed by atoms with Crippen LogP contribution in [0.2, 0.25) is 0 Å². The number of fused-ring (bicyclic) bond motifs is 1. The maximum Gasteiger partial charge on any atom is 0.165 e. The summed E-state index contributed by atoms with van der Waals surface area (Å²) in [5, 5.41) is 0. The fourth-order valence-corrected chi connectivity index (χ4v) is 2.22. The first-order valence-corrected chi connectivity index (χ1v) is 6.31. The molecule has 0 bridgehead atoms. The summed E-state index contributed by atoms with van der Waals surface area (Å²) in [4.78, 5) is 9.12. The summed E-state index contributed by atoms with van der Waals surface area (Å²) >= 11 is 0. The van der Waals surface area contributed by atoms with E-state index in [0.29, 0.717) is 5.69 Å². The van der Waals surface area contributed by atoms with Crippen molar-refractivity contribution >= 4 is 16.9 Å². The van der Waals surface area contributed by atoms with E-state index in [9.17, 15) is 0 Å². The Morgan fingerprint density at radius 3 is 2.95 bits per heavy atom. The Bertz CT molecular complexity index is 729. The van der Waals surface area contributed by atoms with E-state index in [1.165, 1.54) is 0 Å². The third-order valence-electron chi connectivity index (χ3n) is 3.30. The van der Waals surface area contributed by atoms with Gasteiger partial charge < -0.3 is 5.73 Å². The Labute approximate surface area is 111 Å². The van der Waals surface area contributed by atoms with Gasteiger partial charge in [-0.05, 0) is 25.1 Å². The number of benzene rings is 1. The highest BCUT2D eigenvalue weighted by atomic mass is 15.1. The highest BCUT2D eigenvalue weighted by Gasteiger charge is 2.14. The summed E-state index contributed by atoms with van der Waals surface area (Å²) in [5.74, 6) is 0.982. The molecule has 3 rings (SSSR count). The average molecular weight is 251 g/mol. The molecule has 2 aromatic heterocycles. The van der Waals surface area contributed by atoms with Crippen LogP contribution in [-0.4, -0.2) is 14.5 Å². The molecule has 0 aliphatic carbocycles. The second-order valence-electron chi connectivity index (χ2n) is 4.49. The van der Waals surface area contributed by atoms with Gasteiger partial charge in [-0.15, -0.1) is 0 Å². The number of pyridine rings is 1. The summed E-state index contributed by atoms with van der Waals surface area (Å²) in [6, 6.07) is 10.9. The minimum Gasteiger partial charge on any atom is -0.397 e. The number of hydrogen-bond donors (Lipinski definition) is 1. The first kappa shape index (κ1) is 11.7. The van der Waals surface area contributed by atoms with Crippen molar-refractivity contribution in [1.29, 1.82) is 0 Å². The molecule has 0 unspecified atom stereocenters. The summed E-state index contributed by atoms with van der Waals surface area (Å²) < 4.78 is 2.07. The van der Waals surface area contributed by atoms with Crippen LogP contribution in [0.5, 0.6) is 0 Å². The third kappa shape index (κ3) is 1.76. The van der Waals surface area contributed by atoms with E-state index in [1.807, 2.05) is 31.2 Å². The van der Waals surface area contributed by atoms with Crippen molar-refractivity contribution in [2.75, 3.05) is 5.73 Å². The van der Waals surface area contributed by atoms with Gasteiger partial charge in [-0.1, -0.05) is 19.1 Å². The smallest absolute Gasteiger partial charge is 0.165 e. The highest BCUT2D eigenvalue weighted by molar-refractivity contribution is 5.81. The van der Waals surface area contributed by atoms with Crippen molar-refractivity contribution in [3.63, 3.8) is 0 Å². The van der Waals surface area contributed by atoms with Crippen molar-refractivity contribution < 1.29 is 0 Å². The molecule has 0 aliphatic rings. The molecule has 0 amide bonds. The molecule has 95 valence electrons. The normalized spacial score (nSPS) is 11.1. The van der Waals surface area contributed by atoms with Gasteiger partial charge in [0.2, 0.25) is 0 Å². The number of imidazole rings is 1. The Kier molecular flexibility index (Phi) is 2.71. The van der Waals surface area contributed by atoms with E-state index < -0.39 is 0 Å². The van der Waals surface area contributed by atoms with E-state index in [0.717, 1.165) is 34.7 Å². The van der Waals surface area contributed by atoms with Gasteiger partial charge in [-0.25, -0.2) is 9.97 Å². The lowest BCUT2D eigenvalue weighted by Crippen LogP contribution is -2.01. The zero-order valence-corrected chi connectivity index (χ0v) is 11.0. The number of rotatable bonds is 2. The van der Waals surface area contributed by atoms with Crippen LogP contribution in [0.4, 0.5) is 5.69 Å². The SMILES string of the molecule is CCc1nc2c(C)c(N)cnc2n1-c1c[c]ccc1. The predicted molar refractivity (Wildman–Crippen MR) is 76.2 cm³/mol. The number of nitrogens with two attached hydrogens (primary N) is 1. The van der Waals surface area contributed by atoms with Crippen LogP contribution < -0.4 is 5.73 Å². The molecular weight excluding hydrogens is 236 g/mol. The van der Waals surface area contributed by atoms with Crippen LogP contribution in [0, 0.1) is 13.0 Å². The van der Waals surface area contributed by atoms with Crippen LogP contribution >= 0.6 is 0 Å². The van der Waals surface area contributed by atoms with Crippen molar-refractivity contribution in [2.24, 2.45) is 0 Å². The minimum atomic E-state index is 0.680. The lowest BCUT2D eigenvalue weighted by atomic mass is 10.2. The minimum absolute atomic E-state index is 0.680. The van der Waals surface area contributed by atoms with E-state index in [-0.39, 0.29) is 0 Å². The van der Waals surface area contributed by atoms with Gasteiger partial charge in [-0.2, -0.15) is 0 Å². The van der Waals surface area contributed by atoms with Gasteiger partial charge in [0, 0.05) is 17.7 Å². The Balaban J connectivity index is 2.38. The molecule has 1 aromatic carbocycles. The van der Waals surface area contributed by atoms with Gasteiger partial charge in [0.15, 0.2) is 5.65 Å². The quantitative estimate of drug-likeness (QED) is 0.761. The first-order valence-electron chi connectivity index (χ1n) is 6.31. The van der Waals surface area contributed by atoms with Gasteiger partial charge in [0.05, 0.1) is 11.9 Å². The molecule has 2 heterocycles. The molecule has 19 heavy (non-hydrogen) atoms. The number of hydrogen-bond acceptors (Lipinski definition) is 3. The van der Waals surface area contributed by atoms with Gasteiger partial charge in [-0.3, -0.25) is 4.57 Å². The van der Waals surface area contributed by atoms with E-state index in [4.69, 9.17) is 5.73 Å². The zero-order valence-electron chi connectivity index (χ0n) is 11.0. The van der Waals surface area contributed by atoms with Crippen LogP contribution in [0.3, 0.4) is 0 Å². The van der Waals surface area contributed by atoms with Crippen molar-refractivity contribution in [3.05, 3.63) is 47.9 Å². The molecule has 1 radical (unpaired) electrons. The molecule has 4 nitrogen and oxygen atoms in total. The summed E-state index contributed by atoms with van der Waals surface area (Å²) in [5.41, 5.74) is 10.3. The molecule has 0 fully saturated rings. The van der Waals surface area contributed by atoms with Crippen LogP contribution in [0.25, 0.3) is 16.9 Å². The third-order valence-corrected chi connectivity index (χ3v) is 3.30. The zero-order chi connectivity index (χ0) is 13.4. The first-order chi connectivity index (χ1) is 9.22. The van der Waals surface area contributed by atoms with Crippen LogP contribution in [-0.2, 0) is 6.42 Å². The Morgan fingerprint density at radius 2 is 2.26 bits per heavy atom. The van der Waals surface area contributed by atoms with Crippen molar-refractivity contribution in [1.82, 2.24) is 14.5 Å².